The van der Waals surface area contributed by atoms with Crippen LogP contribution in [0.4, 0.5) is 0 Å². The topological polar surface area (TPSA) is 35.5 Å². The molecule has 0 aromatic carbocycles. The van der Waals surface area contributed by atoms with Crippen molar-refractivity contribution in [2.45, 2.75) is 58.2 Å². The Labute approximate surface area is 104 Å². The van der Waals surface area contributed by atoms with Crippen LogP contribution in [-0.2, 0) is 14.3 Å². The number of hydrogen-bond acceptors (Lipinski definition) is 3. The summed E-state index contributed by atoms with van der Waals surface area (Å²) in [5, 5.41) is 0. The van der Waals surface area contributed by atoms with Gasteiger partial charge in [-0.05, 0) is 47.0 Å². The predicted octanol–water partition coefficient (Wildman–Crippen LogP) is 2.58. The Morgan fingerprint density at radius 1 is 1.12 bits per heavy atom. The lowest BCUT2D eigenvalue weighted by molar-refractivity contribution is -0.136. The third kappa shape index (κ3) is 2.71. The van der Waals surface area contributed by atoms with Crippen molar-refractivity contribution in [3.8, 4) is 0 Å². The van der Waals surface area contributed by atoms with Gasteiger partial charge in [0, 0.05) is 25.0 Å². The zero-order chi connectivity index (χ0) is 12.7. The highest BCUT2D eigenvalue weighted by Gasteiger charge is 2.50. The van der Waals surface area contributed by atoms with Crippen molar-refractivity contribution in [2.24, 2.45) is 11.8 Å². The van der Waals surface area contributed by atoms with Crippen LogP contribution in [-0.4, -0.2) is 30.2 Å². The molecule has 3 heteroatoms. The first-order valence-electron chi connectivity index (χ1n) is 6.63. The molecule has 2 rings (SSSR count). The van der Waals surface area contributed by atoms with E-state index < -0.39 is 0 Å². The lowest BCUT2D eigenvalue weighted by atomic mass is 9.77. The van der Waals surface area contributed by atoms with Gasteiger partial charge in [-0.25, -0.2) is 0 Å². The van der Waals surface area contributed by atoms with E-state index in [0.717, 1.165) is 32.5 Å². The molecule has 0 radical (unpaired) electrons. The van der Waals surface area contributed by atoms with Crippen molar-refractivity contribution in [2.75, 3.05) is 13.2 Å². The third-order valence-electron chi connectivity index (χ3n) is 4.04. The van der Waals surface area contributed by atoms with Crippen LogP contribution >= 0.6 is 0 Å². The van der Waals surface area contributed by atoms with Gasteiger partial charge in [0.2, 0.25) is 0 Å². The standard InChI is InChI=1S/C14H24O3/c1-13(2)9-11(14(3,4)17-13)12(15)10-5-7-16-8-6-10/h10-11H,5-9H2,1-4H3. The van der Waals surface area contributed by atoms with Crippen molar-refractivity contribution < 1.29 is 14.3 Å². The second-order valence-electron chi connectivity index (χ2n) is 6.51. The Hall–Kier alpha value is -0.410. The summed E-state index contributed by atoms with van der Waals surface area (Å²) >= 11 is 0. The first-order chi connectivity index (χ1) is 7.82. The molecule has 0 N–H and O–H groups in total. The number of ketones is 1. The Morgan fingerprint density at radius 3 is 2.18 bits per heavy atom. The van der Waals surface area contributed by atoms with Gasteiger partial charge in [0.25, 0.3) is 0 Å². The maximum atomic E-state index is 12.6. The summed E-state index contributed by atoms with van der Waals surface area (Å²) in [7, 11) is 0. The van der Waals surface area contributed by atoms with Crippen LogP contribution in [0.3, 0.4) is 0 Å². The molecule has 17 heavy (non-hydrogen) atoms. The Bertz CT molecular complexity index is 301. The molecule has 0 spiro atoms. The highest BCUT2D eigenvalue weighted by Crippen LogP contribution is 2.44. The first-order valence-corrected chi connectivity index (χ1v) is 6.63. The lowest BCUT2D eigenvalue weighted by Gasteiger charge is -2.30. The Balaban J connectivity index is 2.08. The van der Waals surface area contributed by atoms with Crippen molar-refractivity contribution in [3.05, 3.63) is 0 Å². The molecule has 0 aromatic rings. The molecule has 0 bridgehead atoms. The number of carbonyl (C=O) groups is 1. The number of Topliss-reactive ketones (excluding diaryl/α,β-unsaturated/α-hetero) is 1. The summed E-state index contributed by atoms with van der Waals surface area (Å²) in [6, 6.07) is 0. The summed E-state index contributed by atoms with van der Waals surface area (Å²) < 4.78 is 11.3. The van der Waals surface area contributed by atoms with E-state index in [0.29, 0.717) is 5.78 Å². The van der Waals surface area contributed by atoms with E-state index >= 15 is 0 Å². The van der Waals surface area contributed by atoms with Gasteiger partial charge in [-0.3, -0.25) is 4.79 Å². The molecule has 0 saturated carbocycles. The highest BCUT2D eigenvalue weighted by atomic mass is 16.5. The molecule has 0 aromatic heterocycles. The van der Waals surface area contributed by atoms with Crippen LogP contribution in [0.15, 0.2) is 0 Å². The first kappa shape index (κ1) is 13.0. The number of ether oxygens (including phenoxy) is 2. The van der Waals surface area contributed by atoms with Gasteiger partial charge < -0.3 is 9.47 Å². The van der Waals surface area contributed by atoms with E-state index in [9.17, 15) is 4.79 Å². The second kappa shape index (κ2) is 4.36. The predicted molar refractivity (Wildman–Crippen MR) is 65.9 cm³/mol. The van der Waals surface area contributed by atoms with Gasteiger partial charge >= 0.3 is 0 Å². The SMILES string of the molecule is CC1(C)CC(C(=O)C2CCOCC2)C(C)(C)O1. The minimum absolute atomic E-state index is 0.0422. The van der Waals surface area contributed by atoms with Gasteiger partial charge in [0.1, 0.15) is 5.78 Å². The maximum absolute atomic E-state index is 12.6. The molecule has 2 aliphatic rings. The van der Waals surface area contributed by atoms with Gasteiger partial charge in [-0.15, -0.1) is 0 Å². The normalized spacial score (nSPS) is 32.6. The van der Waals surface area contributed by atoms with Crippen molar-refractivity contribution >= 4 is 5.78 Å². The Kier molecular flexibility index (Phi) is 3.34. The summed E-state index contributed by atoms with van der Waals surface area (Å²) in [6.45, 7) is 9.70. The van der Waals surface area contributed by atoms with Gasteiger partial charge in [-0.1, -0.05) is 0 Å². The molecule has 2 fully saturated rings. The molecule has 2 heterocycles. The van der Waals surface area contributed by atoms with Crippen molar-refractivity contribution in [1.82, 2.24) is 0 Å². The number of rotatable bonds is 2. The average molecular weight is 240 g/mol. The summed E-state index contributed by atoms with van der Waals surface area (Å²) in [5.74, 6) is 0.620. The molecule has 2 saturated heterocycles. The average Bonchev–Trinajstić information content (AvgIpc) is 2.47. The summed E-state index contributed by atoms with van der Waals surface area (Å²) in [4.78, 5) is 12.6. The fraction of sp³-hybridized carbons (Fsp3) is 0.929. The monoisotopic (exact) mass is 240 g/mol. The van der Waals surface area contributed by atoms with Gasteiger partial charge in [-0.2, -0.15) is 0 Å². The van der Waals surface area contributed by atoms with Crippen LogP contribution < -0.4 is 0 Å². The molecule has 1 atom stereocenters. The molecule has 1 unspecified atom stereocenters. The fourth-order valence-electron chi connectivity index (χ4n) is 3.27. The van der Waals surface area contributed by atoms with Crippen LogP contribution in [0.25, 0.3) is 0 Å². The summed E-state index contributed by atoms with van der Waals surface area (Å²) in [6.07, 6.45) is 2.61. The minimum atomic E-state index is -0.321. The van der Waals surface area contributed by atoms with E-state index in [4.69, 9.17) is 9.47 Å². The van der Waals surface area contributed by atoms with Crippen molar-refractivity contribution in [1.29, 1.82) is 0 Å². The summed E-state index contributed by atoms with van der Waals surface area (Å²) in [5.41, 5.74) is -0.492. The minimum Gasteiger partial charge on any atom is -0.381 e. The smallest absolute Gasteiger partial charge is 0.142 e. The molecule has 0 amide bonds. The fourth-order valence-corrected chi connectivity index (χ4v) is 3.27. The molecule has 98 valence electrons. The molecule has 2 aliphatic heterocycles. The molecule has 0 aliphatic carbocycles. The largest absolute Gasteiger partial charge is 0.381 e. The second-order valence-corrected chi connectivity index (χ2v) is 6.51. The lowest BCUT2D eigenvalue weighted by Crippen LogP contribution is -2.38. The van der Waals surface area contributed by atoms with Crippen LogP contribution in [0.2, 0.25) is 0 Å². The van der Waals surface area contributed by atoms with E-state index in [-0.39, 0.29) is 23.0 Å². The van der Waals surface area contributed by atoms with E-state index in [1.807, 2.05) is 13.8 Å². The van der Waals surface area contributed by atoms with Crippen LogP contribution in [0, 0.1) is 11.8 Å². The number of hydrogen-bond donors (Lipinski definition) is 0. The zero-order valence-corrected chi connectivity index (χ0v) is 11.4. The van der Waals surface area contributed by atoms with Crippen LogP contribution in [0.1, 0.15) is 47.0 Å². The Morgan fingerprint density at radius 2 is 1.71 bits per heavy atom. The van der Waals surface area contributed by atoms with Crippen LogP contribution in [0.5, 0.6) is 0 Å². The molecular formula is C14H24O3. The van der Waals surface area contributed by atoms with Gasteiger partial charge in [0.05, 0.1) is 11.2 Å². The third-order valence-corrected chi connectivity index (χ3v) is 4.04. The van der Waals surface area contributed by atoms with E-state index in [1.165, 1.54) is 0 Å². The zero-order valence-electron chi connectivity index (χ0n) is 11.4. The van der Waals surface area contributed by atoms with Gasteiger partial charge in [0.15, 0.2) is 0 Å². The van der Waals surface area contributed by atoms with Crippen molar-refractivity contribution in [3.63, 3.8) is 0 Å². The quantitative estimate of drug-likeness (QED) is 0.744. The molecular weight excluding hydrogens is 216 g/mol. The van der Waals surface area contributed by atoms with E-state index in [1.54, 1.807) is 0 Å². The number of carbonyl (C=O) groups excluding carboxylic acids is 1. The van der Waals surface area contributed by atoms with E-state index in [2.05, 4.69) is 13.8 Å². The maximum Gasteiger partial charge on any atom is 0.142 e. The highest BCUT2D eigenvalue weighted by molar-refractivity contribution is 5.85. The molecule has 3 nitrogen and oxygen atoms in total.